The molecule has 31 heavy (non-hydrogen) atoms. The number of anilines is 2. The van der Waals surface area contributed by atoms with E-state index in [-0.39, 0.29) is 35.8 Å². The first-order valence-corrected chi connectivity index (χ1v) is 10.6. The lowest BCUT2D eigenvalue weighted by atomic mass is 9.96. The van der Waals surface area contributed by atoms with E-state index in [1.165, 1.54) is 16.5 Å². The summed E-state index contributed by atoms with van der Waals surface area (Å²) >= 11 is 0. The summed E-state index contributed by atoms with van der Waals surface area (Å²) < 4.78 is 1.25. The summed E-state index contributed by atoms with van der Waals surface area (Å²) in [5, 5.41) is 0. The van der Waals surface area contributed by atoms with Crippen molar-refractivity contribution >= 4 is 23.3 Å². The van der Waals surface area contributed by atoms with Crippen LogP contribution < -0.4 is 21.9 Å². The molecular formula is C22H27N5O4. The third kappa shape index (κ3) is 4.26. The first-order valence-electron chi connectivity index (χ1n) is 10.6. The first-order chi connectivity index (χ1) is 14.9. The number of hydrogen-bond donors (Lipinski definition) is 2. The quantitative estimate of drug-likeness (QED) is 0.733. The number of amides is 2. The van der Waals surface area contributed by atoms with Gasteiger partial charge in [-0.2, -0.15) is 0 Å². The number of nitrogens with zero attached hydrogens (tertiary/aromatic N) is 3. The van der Waals surface area contributed by atoms with Gasteiger partial charge < -0.3 is 15.5 Å². The Hall–Kier alpha value is -3.36. The van der Waals surface area contributed by atoms with Crippen LogP contribution in [0.2, 0.25) is 0 Å². The van der Waals surface area contributed by atoms with Gasteiger partial charge in [0.25, 0.3) is 5.56 Å². The van der Waals surface area contributed by atoms with Gasteiger partial charge in [0.15, 0.2) is 5.69 Å². The highest BCUT2D eigenvalue weighted by molar-refractivity contribution is 5.97. The van der Waals surface area contributed by atoms with Gasteiger partial charge in [0.2, 0.25) is 11.8 Å². The van der Waals surface area contributed by atoms with Crippen LogP contribution in [0.4, 0.5) is 11.5 Å². The Bertz CT molecular complexity index is 1100. The smallest absolute Gasteiger partial charge is 0.330 e. The van der Waals surface area contributed by atoms with Gasteiger partial charge in [-0.25, -0.2) is 4.79 Å². The molecule has 0 spiro atoms. The minimum absolute atomic E-state index is 0.0498. The topological polar surface area (TPSA) is 121 Å². The van der Waals surface area contributed by atoms with Crippen molar-refractivity contribution in [3.63, 3.8) is 0 Å². The van der Waals surface area contributed by atoms with Crippen LogP contribution in [0, 0.1) is 11.8 Å². The molecule has 1 aromatic heterocycles. The third-order valence-corrected chi connectivity index (χ3v) is 6.07. The minimum Gasteiger partial charge on any atom is -0.383 e. The van der Waals surface area contributed by atoms with Crippen molar-refractivity contribution in [2.45, 2.75) is 32.2 Å². The molecule has 164 valence electrons. The zero-order chi connectivity index (χ0) is 22.1. The monoisotopic (exact) mass is 425 g/mol. The Morgan fingerprint density at radius 1 is 1.13 bits per heavy atom. The van der Waals surface area contributed by atoms with Gasteiger partial charge in [0, 0.05) is 26.1 Å². The van der Waals surface area contributed by atoms with Crippen LogP contribution in [0.15, 0.2) is 39.9 Å². The molecule has 1 saturated carbocycles. The van der Waals surface area contributed by atoms with Gasteiger partial charge in [-0.1, -0.05) is 30.3 Å². The number of aromatic nitrogens is 2. The largest absolute Gasteiger partial charge is 0.383 e. The standard InChI is InChI=1S/C22H27N5O4/c1-25(20(29)16-8-5-11-26(13-16)21(30)15-9-10-15)17-18(23)27(22(31)24-19(17)28)12-14-6-3-2-4-7-14/h2-4,6-7,15-16H,5,8-13,23H2,1H3,(H,24,28,31). The number of carbonyl (C=O) groups is 2. The van der Waals surface area contributed by atoms with Crippen molar-refractivity contribution in [2.24, 2.45) is 11.8 Å². The highest BCUT2D eigenvalue weighted by Gasteiger charge is 2.38. The number of aromatic amines is 1. The molecule has 1 saturated heterocycles. The van der Waals surface area contributed by atoms with Crippen molar-refractivity contribution in [1.29, 1.82) is 0 Å². The molecule has 1 aliphatic carbocycles. The minimum atomic E-state index is -0.704. The van der Waals surface area contributed by atoms with E-state index in [0.29, 0.717) is 19.5 Å². The normalized spacial score (nSPS) is 18.6. The van der Waals surface area contributed by atoms with Crippen molar-refractivity contribution < 1.29 is 9.59 Å². The number of carbonyl (C=O) groups excluding carboxylic acids is 2. The Kier molecular flexibility index (Phi) is 5.67. The molecule has 0 radical (unpaired) electrons. The second-order valence-corrected chi connectivity index (χ2v) is 8.36. The van der Waals surface area contributed by atoms with Gasteiger partial charge in [-0.05, 0) is 31.2 Å². The van der Waals surface area contributed by atoms with Gasteiger partial charge in [0.1, 0.15) is 5.82 Å². The Labute approximate surface area is 179 Å². The first kappa shape index (κ1) is 20.9. The van der Waals surface area contributed by atoms with E-state index in [0.717, 1.165) is 24.8 Å². The van der Waals surface area contributed by atoms with E-state index < -0.39 is 17.2 Å². The fraction of sp³-hybridized carbons (Fsp3) is 0.455. The molecule has 1 unspecified atom stereocenters. The average Bonchev–Trinajstić information content (AvgIpc) is 3.61. The van der Waals surface area contributed by atoms with Crippen molar-refractivity contribution in [3.8, 4) is 0 Å². The van der Waals surface area contributed by atoms with Crippen molar-refractivity contribution in [3.05, 3.63) is 56.7 Å². The summed E-state index contributed by atoms with van der Waals surface area (Å²) in [7, 11) is 1.49. The second-order valence-electron chi connectivity index (χ2n) is 8.36. The zero-order valence-corrected chi connectivity index (χ0v) is 17.5. The van der Waals surface area contributed by atoms with Gasteiger partial charge in [-0.15, -0.1) is 0 Å². The fourth-order valence-electron chi connectivity index (χ4n) is 4.18. The van der Waals surface area contributed by atoms with E-state index in [9.17, 15) is 19.2 Å². The van der Waals surface area contributed by atoms with E-state index in [4.69, 9.17) is 5.73 Å². The van der Waals surface area contributed by atoms with Crippen LogP contribution >= 0.6 is 0 Å². The number of nitrogen functional groups attached to an aromatic ring is 1. The zero-order valence-electron chi connectivity index (χ0n) is 17.5. The number of nitrogens with two attached hydrogens (primary N) is 1. The molecule has 9 heteroatoms. The third-order valence-electron chi connectivity index (χ3n) is 6.07. The van der Waals surface area contributed by atoms with E-state index in [2.05, 4.69) is 4.98 Å². The highest BCUT2D eigenvalue weighted by Crippen LogP contribution is 2.33. The molecule has 2 amide bonds. The maximum absolute atomic E-state index is 13.2. The molecule has 2 aromatic rings. The molecule has 1 aliphatic heterocycles. The summed E-state index contributed by atoms with van der Waals surface area (Å²) in [5.74, 6) is -0.527. The number of nitrogens with one attached hydrogen (secondary N) is 1. The van der Waals surface area contributed by atoms with Crippen molar-refractivity contribution in [1.82, 2.24) is 14.5 Å². The lowest BCUT2D eigenvalue weighted by Crippen LogP contribution is -2.48. The molecule has 4 rings (SSSR count). The van der Waals surface area contributed by atoms with Crippen LogP contribution in [0.1, 0.15) is 31.2 Å². The number of H-pyrrole nitrogens is 1. The van der Waals surface area contributed by atoms with Crippen LogP contribution in [-0.4, -0.2) is 46.4 Å². The SMILES string of the molecule is CN(C(=O)C1CCCN(C(=O)C2CC2)C1)c1c(N)n(Cc2ccccc2)c(=O)[nH]c1=O. The predicted molar refractivity (Wildman–Crippen MR) is 117 cm³/mol. The summed E-state index contributed by atoms with van der Waals surface area (Å²) in [6.07, 6.45) is 3.21. The van der Waals surface area contributed by atoms with E-state index in [1.807, 2.05) is 30.3 Å². The van der Waals surface area contributed by atoms with Crippen LogP contribution in [0.5, 0.6) is 0 Å². The Balaban J connectivity index is 1.58. The highest BCUT2D eigenvalue weighted by atomic mass is 16.2. The molecule has 3 N–H and O–H groups in total. The molecule has 2 fully saturated rings. The molecular weight excluding hydrogens is 398 g/mol. The molecule has 1 atom stereocenters. The predicted octanol–water partition coefficient (Wildman–Crippen LogP) is 0.779. The summed E-state index contributed by atoms with van der Waals surface area (Å²) in [6.45, 7) is 1.18. The summed E-state index contributed by atoms with van der Waals surface area (Å²) in [4.78, 5) is 55.8. The lowest BCUT2D eigenvalue weighted by molar-refractivity contribution is -0.136. The molecule has 2 heterocycles. The van der Waals surface area contributed by atoms with Gasteiger partial charge >= 0.3 is 5.69 Å². The van der Waals surface area contributed by atoms with Crippen LogP contribution in [-0.2, 0) is 16.1 Å². The lowest BCUT2D eigenvalue weighted by Gasteiger charge is -2.34. The van der Waals surface area contributed by atoms with E-state index in [1.54, 1.807) is 4.90 Å². The molecule has 2 aliphatic rings. The fourth-order valence-corrected chi connectivity index (χ4v) is 4.18. The average molecular weight is 425 g/mol. The van der Waals surface area contributed by atoms with Gasteiger partial charge in [0.05, 0.1) is 12.5 Å². The Morgan fingerprint density at radius 2 is 1.84 bits per heavy atom. The summed E-state index contributed by atoms with van der Waals surface area (Å²) in [5.41, 5.74) is 5.66. The Morgan fingerprint density at radius 3 is 2.52 bits per heavy atom. The van der Waals surface area contributed by atoms with Crippen molar-refractivity contribution in [2.75, 3.05) is 30.8 Å². The summed E-state index contributed by atoms with van der Waals surface area (Å²) in [6, 6.07) is 9.24. The van der Waals surface area contributed by atoms with Crippen LogP contribution in [0.3, 0.4) is 0 Å². The second kappa shape index (κ2) is 8.41. The molecule has 9 nitrogen and oxygen atoms in total. The molecule has 1 aromatic carbocycles. The van der Waals surface area contributed by atoms with Crippen LogP contribution in [0.25, 0.3) is 0 Å². The number of likely N-dealkylation sites (tertiary alicyclic amines) is 1. The number of rotatable bonds is 5. The number of piperidine rings is 1. The molecule has 0 bridgehead atoms. The maximum Gasteiger partial charge on any atom is 0.330 e. The van der Waals surface area contributed by atoms with E-state index >= 15 is 0 Å². The number of benzene rings is 1. The maximum atomic E-state index is 13.2. The number of hydrogen-bond acceptors (Lipinski definition) is 5. The van der Waals surface area contributed by atoms with Gasteiger partial charge in [-0.3, -0.25) is 23.9 Å².